The standard InChI is InChI=1S/C13H16N6/c1-9-11(10(2)19-18-9)4-3-5-16-13-12(8-14)15-6-7-17-13/h6-7H,3-5H2,1-2H3,(H,16,17)(H,18,19). The quantitative estimate of drug-likeness (QED) is 0.795. The number of aryl methyl sites for hydroxylation is 2. The molecule has 98 valence electrons. The van der Waals surface area contributed by atoms with Crippen molar-refractivity contribution >= 4 is 5.82 Å². The molecule has 2 N–H and O–H groups in total. The highest BCUT2D eigenvalue weighted by molar-refractivity contribution is 5.46. The first kappa shape index (κ1) is 13.0. The number of rotatable bonds is 5. The molecule has 2 aromatic rings. The van der Waals surface area contributed by atoms with Crippen LogP contribution in [0.4, 0.5) is 5.82 Å². The minimum absolute atomic E-state index is 0.332. The molecule has 0 aliphatic rings. The lowest BCUT2D eigenvalue weighted by Crippen LogP contribution is -2.07. The molecule has 0 amide bonds. The number of anilines is 1. The van der Waals surface area contributed by atoms with Crippen molar-refractivity contribution in [3.63, 3.8) is 0 Å². The highest BCUT2D eigenvalue weighted by atomic mass is 15.1. The first-order chi connectivity index (χ1) is 9.22. The Kier molecular flexibility index (Phi) is 4.08. The lowest BCUT2D eigenvalue weighted by Gasteiger charge is -2.06. The van der Waals surface area contributed by atoms with Crippen LogP contribution in [-0.4, -0.2) is 26.7 Å². The van der Waals surface area contributed by atoms with Crippen molar-refractivity contribution in [2.75, 3.05) is 11.9 Å². The van der Waals surface area contributed by atoms with Crippen molar-refractivity contribution in [1.82, 2.24) is 20.2 Å². The van der Waals surface area contributed by atoms with Gasteiger partial charge < -0.3 is 5.32 Å². The summed E-state index contributed by atoms with van der Waals surface area (Å²) in [7, 11) is 0. The second kappa shape index (κ2) is 5.96. The summed E-state index contributed by atoms with van der Waals surface area (Å²) >= 11 is 0. The fourth-order valence-electron chi connectivity index (χ4n) is 1.96. The third kappa shape index (κ3) is 3.07. The van der Waals surface area contributed by atoms with Crippen LogP contribution in [0.15, 0.2) is 12.4 Å². The van der Waals surface area contributed by atoms with Crippen LogP contribution in [0, 0.1) is 25.2 Å². The number of nitriles is 1. The fraction of sp³-hybridized carbons (Fsp3) is 0.385. The number of nitrogens with one attached hydrogen (secondary N) is 2. The SMILES string of the molecule is Cc1n[nH]c(C)c1CCCNc1nccnc1C#N. The molecule has 2 rings (SSSR count). The Hall–Kier alpha value is -2.42. The van der Waals surface area contributed by atoms with Crippen LogP contribution in [0.2, 0.25) is 0 Å². The van der Waals surface area contributed by atoms with E-state index in [4.69, 9.17) is 5.26 Å². The van der Waals surface area contributed by atoms with Gasteiger partial charge in [0, 0.05) is 24.6 Å². The topological polar surface area (TPSA) is 90.3 Å². The van der Waals surface area contributed by atoms with Crippen LogP contribution in [0.5, 0.6) is 0 Å². The zero-order chi connectivity index (χ0) is 13.7. The van der Waals surface area contributed by atoms with E-state index in [1.807, 2.05) is 19.9 Å². The second-order valence-corrected chi connectivity index (χ2v) is 4.31. The van der Waals surface area contributed by atoms with E-state index in [2.05, 4.69) is 25.5 Å². The van der Waals surface area contributed by atoms with Crippen LogP contribution in [-0.2, 0) is 6.42 Å². The number of nitrogens with zero attached hydrogens (tertiary/aromatic N) is 4. The first-order valence-electron chi connectivity index (χ1n) is 6.17. The third-order valence-electron chi connectivity index (χ3n) is 2.98. The predicted molar refractivity (Wildman–Crippen MR) is 71.6 cm³/mol. The van der Waals surface area contributed by atoms with Gasteiger partial charge in [0.05, 0.1) is 5.69 Å². The summed E-state index contributed by atoms with van der Waals surface area (Å²) in [6, 6.07) is 2.02. The summed E-state index contributed by atoms with van der Waals surface area (Å²) in [5.74, 6) is 0.547. The van der Waals surface area contributed by atoms with Crippen molar-refractivity contribution in [2.45, 2.75) is 26.7 Å². The van der Waals surface area contributed by atoms with Crippen molar-refractivity contribution in [2.24, 2.45) is 0 Å². The molecule has 2 heterocycles. The van der Waals surface area contributed by atoms with Gasteiger partial charge in [0.1, 0.15) is 6.07 Å². The summed E-state index contributed by atoms with van der Waals surface area (Å²) < 4.78 is 0. The summed E-state index contributed by atoms with van der Waals surface area (Å²) in [5, 5.41) is 19.2. The molecule has 0 aliphatic heterocycles. The van der Waals surface area contributed by atoms with E-state index in [0.29, 0.717) is 11.5 Å². The molecule has 0 atom stereocenters. The van der Waals surface area contributed by atoms with E-state index in [1.165, 1.54) is 11.8 Å². The highest BCUT2D eigenvalue weighted by Gasteiger charge is 2.06. The minimum atomic E-state index is 0.332. The Morgan fingerprint density at radius 2 is 2.11 bits per heavy atom. The third-order valence-corrected chi connectivity index (χ3v) is 2.98. The molecule has 0 saturated heterocycles. The van der Waals surface area contributed by atoms with Gasteiger partial charge in [-0.1, -0.05) is 0 Å². The monoisotopic (exact) mass is 256 g/mol. The smallest absolute Gasteiger partial charge is 0.182 e. The average Bonchev–Trinajstić information content (AvgIpc) is 2.75. The number of aromatic amines is 1. The molecule has 0 radical (unpaired) electrons. The molecule has 0 fully saturated rings. The molecule has 6 nitrogen and oxygen atoms in total. The van der Waals surface area contributed by atoms with Crippen LogP contribution in [0.1, 0.15) is 29.1 Å². The van der Waals surface area contributed by atoms with Crippen molar-refractivity contribution < 1.29 is 0 Å². The van der Waals surface area contributed by atoms with E-state index in [9.17, 15) is 0 Å². The lowest BCUT2D eigenvalue weighted by molar-refractivity contribution is 0.846. The van der Waals surface area contributed by atoms with Gasteiger partial charge in [0.2, 0.25) is 0 Å². The summed E-state index contributed by atoms with van der Waals surface area (Å²) in [4.78, 5) is 8.06. The van der Waals surface area contributed by atoms with E-state index < -0.39 is 0 Å². The summed E-state index contributed by atoms with van der Waals surface area (Å²) in [6.07, 6.45) is 4.99. The maximum Gasteiger partial charge on any atom is 0.182 e. The van der Waals surface area contributed by atoms with E-state index >= 15 is 0 Å². The van der Waals surface area contributed by atoms with Gasteiger partial charge in [0.15, 0.2) is 11.5 Å². The molecule has 0 spiro atoms. The van der Waals surface area contributed by atoms with Crippen molar-refractivity contribution in [1.29, 1.82) is 5.26 Å². The lowest BCUT2D eigenvalue weighted by atomic mass is 10.1. The Labute approximate surface area is 111 Å². The Bertz CT molecular complexity index is 576. The van der Waals surface area contributed by atoms with Gasteiger partial charge in [-0.3, -0.25) is 5.10 Å². The average molecular weight is 256 g/mol. The second-order valence-electron chi connectivity index (χ2n) is 4.31. The fourth-order valence-corrected chi connectivity index (χ4v) is 1.96. The molecule has 0 bridgehead atoms. The zero-order valence-electron chi connectivity index (χ0n) is 11.1. The first-order valence-corrected chi connectivity index (χ1v) is 6.17. The van der Waals surface area contributed by atoms with Crippen molar-refractivity contribution in [3.05, 3.63) is 35.0 Å². The minimum Gasteiger partial charge on any atom is -0.368 e. The Balaban J connectivity index is 1.86. The molecule has 19 heavy (non-hydrogen) atoms. The number of hydrogen-bond acceptors (Lipinski definition) is 5. The molecule has 6 heteroatoms. The molecular weight excluding hydrogens is 240 g/mol. The van der Waals surface area contributed by atoms with Gasteiger partial charge in [-0.25, -0.2) is 9.97 Å². The number of aromatic nitrogens is 4. The number of hydrogen-bond donors (Lipinski definition) is 2. The number of H-pyrrole nitrogens is 1. The maximum atomic E-state index is 8.89. The van der Waals surface area contributed by atoms with Gasteiger partial charge in [0.25, 0.3) is 0 Å². The Morgan fingerprint density at radius 1 is 1.32 bits per heavy atom. The van der Waals surface area contributed by atoms with E-state index in [1.54, 1.807) is 6.20 Å². The van der Waals surface area contributed by atoms with Crippen LogP contribution in [0.3, 0.4) is 0 Å². The predicted octanol–water partition coefficient (Wildman–Crippen LogP) is 1.73. The highest BCUT2D eigenvalue weighted by Crippen LogP contribution is 2.12. The molecular formula is C13H16N6. The molecule has 0 aromatic carbocycles. The molecule has 0 unspecified atom stereocenters. The van der Waals surface area contributed by atoms with Gasteiger partial charge >= 0.3 is 0 Å². The zero-order valence-corrected chi connectivity index (χ0v) is 11.1. The van der Waals surface area contributed by atoms with E-state index in [0.717, 1.165) is 30.8 Å². The van der Waals surface area contributed by atoms with Gasteiger partial charge in [-0.15, -0.1) is 0 Å². The summed E-state index contributed by atoms with van der Waals surface area (Å²) in [5.41, 5.74) is 3.77. The molecule has 0 aliphatic carbocycles. The normalized spacial score (nSPS) is 10.2. The van der Waals surface area contributed by atoms with Crippen LogP contribution >= 0.6 is 0 Å². The van der Waals surface area contributed by atoms with Crippen LogP contribution < -0.4 is 5.32 Å². The van der Waals surface area contributed by atoms with E-state index in [-0.39, 0.29) is 0 Å². The molecule has 2 aromatic heterocycles. The maximum absolute atomic E-state index is 8.89. The van der Waals surface area contributed by atoms with Gasteiger partial charge in [-0.05, 0) is 32.3 Å². The Morgan fingerprint density at radius 3 is 2.79 bits per heavy atom. The summed E-state index contributed by atoms with van der Waals surface area (Å²) in [6.45, 7) is 4.78. The largest absolute Gasteiger partial charge is 0.368 e. The van der Waals surface area contributed by atoms with Crippen LogP contribution in [0.25, 0.3) is 0 Å². The van der Waals surface area contributed by atoms with Crippen molar-refractivity contribution in [3.8, 4) is 6.07 Å². The molecule has 0 saturated carbocycles. The van der Waals surface area contributed by atoms with Gasteiger partial charge in [-0.2, -0.15) is 10.4 Å².